The molecule has 3 aliphatic rings. The van der Waals surface area contributed by atoms with Crippen LogP contribution in [0.25, 0.3) is 0 Å². The zero-order valence-corrected chi connectivity index (χ0v) is 19.1. The van der Waals surface area contributed by atoms with Gasteiger partial charge in [0, 0.05) is 45.3 Å². The van der Waals surface area contributed by atoms with Crippen LogP contribution in [0.4, 0.5) is 4.79 Å². The molecule has 170 valence electrons. The Morgan fingerprint density at radius 3 is 2.00 bits per heavy atom. The van der Waals surface area contributed by atoms with Gasteiger partial charge in [-0.3, -0.25) is 4.79 Å². The second-order valence-electron chi connectivity index (χ2n) is 9.07. The van der Waals surface area contributed by atoms with Crippen molar-refractivity contribution >= 4 is 22.0 Å². The Morgan fingerprint density at radius 1 is 0.933 bits per heavy atom. The van der Waals surface area contributed by atoms with Crippen LogP contribution in [0.2, 0.25) is 0 Å². The van der Waals surface area contributed by atoms with Gasteiger partial charge in [0.15, 0.2) is 0 Å². The molecule has 3 saturated heterocycles. The lowest BCUT2D eigenvalue weighted by molar-refractivity contribution is -0.118. The summed E-state index contributed by atoms with van der Waals surface area (Å²) >= 11 is 0. The molecule has 0 aliphatic carbocycles. The van der Waals surface area contributed by atoms with Crippen LogP contribution < -0.4 is 5.32 Å². The van der Waals surface area contributed by atoms with E-state index in [0.717, 1.165) is 25.9 Å². The first-order valence-corrected chi connectivity index (χ1v) is 12.7. The third kappa shape index (κ3) is 4.99. The molecule has 8 nitrogen and oxygen atoms in total. The van der Waals surface area contributed by atoms with Gasteiger partial charge in [-0.25, -0.2) is 17.5 Å². The number of nitrogens with zero attached hydrogens (tertiary/aromatic N) is 3. The van der Waals surface area contributed by atoms with Crippen LogP contribution in [0.15, 0.2) is 12.7 Å². The molecule has 3 heterocycles. The maximum absolute atomic E-state index is 13.3. The number of amides is 3. The smallest absolute Gasteiger partial charge is 0.319 e. The number of urea groups is 1. The van der Waals surface area contributed by atoms with Crippen LogP contribution in [0.3, 0.4) is 0 Å². The number of carbonyl (C=O) groups excluding carboxylic acids is 2. The molecule has 0 bridgehead atoms. The molecule has 2 unspecified atom stereocenters. The molecule has 0 spiro atoms. The highest BCUT2D eigenvalue weighted by Crippen LogP contribution is 2.29. The third-order valence-corrected chi connectivity index (χ3v) is 9.16. The van der Waals surface area contributed by atoms with Crippen LogP contribution in [-0.4, -0.2) is 85.0 Å². The van der Waals surface area contributed by atoms with Gasteiger partial charge in [-0.05, 0) is 50.0 Å². The average molecular weight is 441 g/mol. The summed E-state index contributed by atoms with van der Waals surface area (Å²) in [6.07, 6.45) is 5.50. The summed E-state index contributed by atoms with van der Waals surface area (Å²) in [7, 11) is -3.43. The van der Waals surface area contributed by atoms with Gasteiger partial charge in [-0.15, -0.1) is 0 Å². The van der Waals surface area contributed by atoms with Crippen LogP contribution in [-0.2, 0) is 14.8 Å². The Labute approximate surface area is 180 Å². The van der Waals surface area contributed by atoms with E-state index < -0.39 is 15.3 Å². The Morgan fingerprint density at radius 2 is 1.47 bits per heavy atom. The predicted octanol–water partition coefficient (Wildman–Crippen LogP) is 1.65. The van der Waals surface area contributed by atoms with E-state index in [1.54, 1.807) is 4.31 Å². The molecule has 3 rings (SSSR count). The van der Waals surface area contributed by atoms with E-state index >= 15 is 0 Å². The number of sulfonamides is 1. The fourth-order valence-corrected chi connectivity index (χ4v) is 7.18. The summed E-state index contributed by atoms with van der Waals surface area (Å²) in [5.41, 5.74) is 0. The summed E-state index contributed by atoms with van der Waals surface area (Å²) < 4.78 is 28.2. The highest BCUT2D eigenvalue weighted by molar-refractivity contribution is 7.89. The van der Waals surface area contributed by atoms with Gasteiger partial charge in [-0.1, -0.05) is 20.4 Å². The fraction of sp³-hybridized carbons (Fsp3) is 0.810. The molecule has 1 N–H and O–H groups in total. The maximum atomic E-state index is 13.3. The normalized spacial score (nSPS) is 29.5. The van der Waals surface area contributed by atoms with Gasteiger partial charge in [0.2, 0.25) is 15.9 Å². The molecule has 3 aliphatic heterocycles. The molecule has 3 amide bonds. The standard InChI is InChI=1S/C21H36N4O4S/c1-4-19(26)22-20-16(2)14-25(15-17(20)3)30(28,29)18-8-12-24(13-9-18)21(27)23-10-6-5-7-11-23/h4,16-18,20H,1,5-15H2,2-3H3,(H,22,26). The fourth-order valence-electron chi connectivity index (χ4n) is 5.06. The summed E-state index contributed by atoms with van der Waals surface area (Å²) in [4.78, 5) is 28.1. The second kappa shape index (κ2) is 9.68. The van der Waals surface area contributed by atoms with Crippen LogP contribution in [0, 0.1) is 11.8 Å². The van der Waals surface area contributed by atoms with Gasteiger partial charge in [0.25, 0.3) is 0 Å². The molecule has 0 radical (unpaired) electrons. The lowest BCUT2D eigenvalue weighted by Crippen LogP contribution is -2.58. The van der Waals surface area contributed by atoms with E-state index in [1.807, 2.05) is 23.6 Å². The number of nitrogens with one attached hydrogen (secondary N) is 1. The lowest BCUT2D eigenvalue weighted by atomic mass is 9.87. The molecule has 0 aromatic carbocycles. The van der Waals surface area contributed by atoms with E-state index in [2.05, 4.69) is 11.9 Å². The zero-order valence-electron chi connectivity index (χ0n) is 18.3. The van der Waals surface area contributed by atoms with Crippen LogP contribution in [0.5, 0.6) is 0 Å². The number of likely N-dealkylation sites (tertiary alicyclic amines) is 2. The molecule has 2 atom stereocenters. The SMILES string of the molecule is C=CC(=O)NC1C(C)CN(S(=O)(=O)C2CCN(C(=O)N3CCCCC3)CC2)CC1C. The molecule has 0 aromatic rings. The van der Waals surface area contributed by atoms with E-state index in [-0.39, 0.29) is 29.8 Å². The van der Waals surface area contributed by atoms with Crippen molar-refractivity contribution in [1.82, 2.24) is 19.4 Å². The first kappa shape index (κ1) is 23.1. The maximum Gasteiger partial charge on any atom is 0.319 e. The number of carbonyl (C=O) groups is 2. The van der Waals surface area contributed by atoms with Gasteiger partial charge in [0.1, 0.15) is 0 Å². The van der Waals surface area contributed by atoms with Crippen molar-refractivity contribution in [2.24, 2.45) is 11.8 Å². The summed E-state index contributed by atoms with van der Waals surface area (Å²) in [5, 5.41) is 2.50. The van der Waals surface area contributed by atoms with Crippen molar-refractivity contribution < 1.29 is 18.0 Å². The highest BCUT2D eigenvalue weighted by atomic mass is 32.2. The predicted molar refractivity (Wildman–Crippen MR) is 116 cm³/mol. The second-order valence-corrected chi connectivity index (χ2v) is 11.3. The topological polar surface area (TPSA) is 90.0 Å². The van der Waals surface area contributed by atoms with Crippen molar-refractivity contribution in [3.63, 3.8) is 0 Å². The minimum atomic E-state index is -3.43. The molecular weight excluding hydrogens is 404 g/mol. The monoisotopic (exact) mass is 440 g/mol. The molecule has 30 heavy (non-hydrogen) atoms. The van der Waals surface area contributed by atoms with E-state index in [9.17, 15) is 18.0 Å². The Kier molecular flexibility index (Phi) is 7.44. The highest BCUT2D eigenvalue weighted by Gasteiger charge is 2.42. The Hall–Kier alpha value is -1.61. The van der Waals surface area contributed by atoms with E-state index in [0.29, 0.717) is 39.0 Å². The molecular formula is C21H36N4O4S. The minimum absolute atomic E-state index is 0.0215. The van der Waals surface area contributed by atoms with Crippen LogP contribution in [0.1, 0.15) is 46.0 Å². The molecule has 3 fully saturated rings. The minimum Gasteiger partial charge on any atom is -0.349 e. The summed E-state index contributed by atoms with van der Waals surface area (Å²) in [5.74, 6) is -0.179. The first-order chi connectivity index (χ1) is 14.2. The Bertz CT molecular complexity index is 730. The molecule has 0 aromatic heterocycles. The quantitative estimate of drug-likeness (QED) is 0.673. The summed E-state index contributed by atoms with van der Waals surface area (Å²) in [6, 6.07) is -0.00229. The summed E-state index contributed by atoms with van der Waals surface area (Å²) in [6.45, 7) is 10.9. The van der Waals surface area contributed by atoms with Gasteiger partial charge in [0.05, 0.1) is 5.25 Å². The number of hydrogen-bond acceptors (Lipinski definition) is 4. The zero-order chi connectivity index (χ0) is 21.9. The molecule has 9 heteroatoms. The average Bonchev–Trinajstić information content (AvgIpc) is 2.76. The van der Waals surface area contributed by atoms with Crippen LogP contribution >= 0.6 is 0 Å². The lowest BCUT2D eigenvalue weighted by Gasteiger charge is -2.43. The first-order valence-electron chi connectivity index (χ1n) is 11.2. The van der Waals surface area contributed by atoms with Crippen molar-refractivity contribution in [2.75, 3.05) is 39.3 Å². The number of rotatable bonds is 4. The number of hydrogen-bond donors (Lipinski definition) is 1. The van der Waals surface area contributed by atoms with Crippen molar-refractivity contribution in [3.05, 3.63) is 12.7 Å². The van der Waals surface area contributed by atoms with E-state index in [4.69, 9.17) is 0 Å². The Balaban J connectivity index is 1.57. The van der Waals surface area contributed by atoms with Gasteiger partial charge in [-0.2, -0.15) is 0 Å². The van der Waals surface area contributed by atoms with E-state index in [1.165, 1.54) is 12.5 Å². The van der Waals surface area contributed by atoms with Crippen molar-refractivity contribution in [1.29, 1.82) is 0 Å². The van der Waals surface area contributed by atoms with Gasteiger partial charge >= 0.3 is 6.03 Å². The van der Waals surface area contributed by atoms with Gasteiger partial charge < -0.3 is 15.1 Å². The largest absolute Gasteiger partial charge is 0.349 e. The van der Waals surface area contributed by atoms with Crippen molar-refractivity contribution in [2.45, 2.75) is 57.2 Å². The molecule has 0 saturated carbocycles. The third-order valence-electron chi connectivity index (χ3n) is 6.82. The van der Waals surface area contributed by atoms with Crippen molar-refractivity contribution in [3.8, 4) is 0 Å². The number of piperidine rings is 3.